The standard InChI is InChI=1S/C20H24N2O5S2/c1-15-13-21(14-17(27-15)16-5-3-2-4-6-16)20(23)19-18(7-12-28-19)29(24,25)22-8-10-26-11-9-22/h2-7,12,15,17H,8-11,13-14H2,1H3. The molecule has 156 valence electrons. The van der Waals surface area contributed by atoms with Crippen molar-refractivity contribution >= 4 is 27.3 Å². The van der Waals surface area contributed by atoms with Crippen LogP contribution in [-0.4, -0.2) is 69.0 Å². The molecule has 2 saturated heterocycles. The first-order chi connectivity index (χ1) is 14.0. The van der Waals surface area contributed by atoms with Crippen LogP contribution in [0.25, 0.3) is 0 Å². The molecular weight excluding hydrogens is 412 g/mol. The van der Waals surface area contributed by atoms with E-state index in [-0.39, 0.29) is 27.9 Å². The monoisotopic (exact) mass is 436 g/mol. The number of carbonyl (C=O) groups excluding carboxylic acids is 1. The quantitative estimate of drug-likeness (QED) is 0.736. The lowest BCUT2D eigenvalue weighted by Crippen LogP contribution is -2.46. The fourth-order valence-electron chi connectivity index (χ4n) is 3.70. The van der Waals surface area contributed by atoms with Gasteiger partial charge < -0.3 is 14.4 Å². The third-order valence-electron chi connectivity index (χ3n) is 5.13. The van der Waals surface area contributed by atoms with E-state index in [2.05, 4.69) is 0 Å². The highest BCUT2D eigenvalue weighted by atomic mass is 32.2. The highest BCUT2D eigenvalue weighted by molar-refractivity contribution is 7.89. The van der Waals surface area contributed by atoms with E-state index in [9.17, 15) is 13.2 Å². The molecule has 0 aliphatic carbocycles. The first-order valence-electron chi connectivity index (χ1n) is 9.62. The number of hydrogen-bond donors (Lipinski definition) is 0. The summed E-state index contributed by atoms with van der Waals surface area (Å²) in [6.07, 6.45) is -0.375. The van der Waals surface area contributed by atoms with Crippen LogP contribution in [0.3, 0.4) is 0 Å². The van der Waals surface area contributed by atoms with Gasteiger partial charge in [-0.15, -0.1) is 11.3 Å². The van der Waals surface area contributed by atoms with Crippen molar-refractivity contribution < 1.29 is 22.7 Å². The molecule has 29 heavy (non-hydrogen) atoms. The molecule has 2 fully saturated rings. The summed E-state index contributed by atoms with van der Waals surface area (Å²) in [7, 11) is -3.73. The summed E-state index contributed by atoms with van der Waals surface area (Å²) < 4.78 is 38.9. The summed E-state index contributed by atoms with van der Waals surface area (Å²) in [6.45, 7) is 4.08. The van der Waals surface area contributed by atoms with Gasteiger partial charge in [-0.1, -0.05) is 30.3 Å². The average molecular weight is 437 g/mol. The number of rotatable bonds is 4. The first kappa shape index (κ1) is 20.5. The summed E-state index contributed by atoms with van der Waals surface area (Å²) in [5.74, 6) is -0.261. The van der Waals surface area contributed by atoms with Gasteiger partial charge in [-0.2, -0.15) is 4.31 Å². The zero-order valence-corrected chi connectivity index (χ0v) is 17.8. The van der Waals surface area contributed by atoms with E-state index in [1.165, 1.54) is 21.7 Å². The second-order valence-electron chi connectivity index (χ2n) is 7.19. The van der Waals surface area contributed by atoms with Crippen LogP contribution in [-0.2, 0) is 19.5 Å². The number of nitrogens with zero attached hydrogens (tertiary/aromatic N) is 2. The third kappa shape index (κ3) is 4.24. The normalized spacial score (nSPS) is 23.8. The Balaban J connectivity index is 1.58. The Morgan fingerprint density at radius 3 is 2.55 bits per heavy atom. The summed E-state index contributed by atoms with van der Waals surface area (Å²) >= 11 is 1.17. The molecule has 0 radical (unpaired) electrons. The van der Waals surface area contributed by atoms with Crippen LogP contribution in [0.2, 0.25) is 0 Å². The van der Waals surface area contributed by atoms with Gasteiger partial charge in [-0.3, -0.25) is 4.79 Å². The van der Waals surface area contributed by atoms with Gasteiger partial charge in [0.2, 0.25) is 10.0 Å². The Labute approximate surface area is 174 Å². The summed E-state index contributed by atoms with van der Waals surface area (Å²) in [4.78, 5) is 15.4. The van der Waals surface area contributed by atoms with Crippen LogP contribution in [0, 0.1) is 0 Å². The number of ether oxygens (including phenoxy) is 2. The van der Waals surface area contributed by atoms with E-state index in [1.807, 2.05) is 37.3 Å². The second-order valence-corrected chi connectivity index (χ2v) is 10.0. The minimum absolute atomic E-state index is 0.0878. The Bertz CT molecular complexity index is 954. The van der Waals surface area contributed by atoms with Crippen LogP contribution >= 0.6 is 11.3 Å². The summed E-state index contributed by atoms with van der Waals surface area (Å²) in [5, 5.41) is 1.67. The van der Waals surface area contributed by atoms with Gasteiger partial charge in [-0.05, 0) is 23.9 Å². The van der Waals surface area contributed by atoms with E-state index >= 15 is 0 Å². The predicted molar refractivity (Wildman–Crippen MR) is 110 cm³/mol. The van der Waals surface area contributed by atoms with Crippen molar-refractivity contribution in [2.24, 2.45) is 0 Å². The lowest BCUT2D eigenvalue weighted by Gasteiger charge is -2.37. The second kappa shape index (κ2) is 8.53. The van der Waals surface area contributed by atoms with Crippen molar-refractivity contribution in [2.75, 3.05) is 39.4 Å². The number of thiophene rings is 1. The Hall–Kier alpha value is -1.78. The minimum atomic E-state index is -3.73. The maximum Gasteiger partial charge on any atom is 0.265 e. The molecule has 0 bridgehead atoms. The third-order valence-corrected chi connectivity index (χ3v) is 8.10. The van der Waals surface area contributed by atoms with E-state index in [4.69, 9.17) is 9.47 Å². The Morgan fingerprint density at radius 2 is 1.83 bits per heavy atom. The zero-order valence-electron chi connectivity index (χ0n) is 16.2. The lowest BCUT2D eigenvalue weighted by molar-refractivity contribution is -0.0691. The van der Waals surface area contributed by atoms with Crippen LogP contribution in [0.15, 0.2) is 46.7 Å². The molecule has 2 aliphatic heterocycles. The maximum absolute atomic E-state index is 13.3. The topological polar surface area (TPSA) is 76.2 Å². The van der Waals surface area contributed by atoms with Gasteiger partial charge in [-0.25, -0.2) is 8.42 Å². The summed E-state index contributed by atoms with van der Waals surface area (Å²) in [6, 6.07) is 11.3. The molecule has 1 aromatic heterocycles. The van der Waals surface area contributed by atoms with Crippen molar-refractivity contribution in [1.82, 2.24) is 9.21 Å². The van der Waals surface area contributed by atoms with Crippen molar-refractivity contribution in [2.45, 2.75) is 24.0 Å². The van der Waals surface area contributed by atoms with Crippen LogP contribution in [0.4, 0.5) is 0 Å². The zero-order chi connectivity index (χ0) is 20.4. The molecule has 2 atom stereocenters. The molecule has 1 amide bonds. The number of morpholine rings is 2. The fourth-order valence-corrected chi connectivity index (χ4v) is 6.47. The van der Waals surface area contributed by atoms with Crippen LogP contribution < -0.4 is 0 Å². The fraction of sp³-hybridized carbons (Fsp3) is 0.450. The minimum Gasteiger partial charge on any atom is -0.379 e. The van der Waals surface area contributed by atoms with Gasteiger partial charge in [0.15, 0.2) is 0 Å². The van der Waals surface area contributed by atoms with Crippen LogP contribution in [0.5, 0.6) is 0 Å². The van der Waals surface area contributed by atoms with Crippen molar-refractivity contribution in [1.29, 1.82) is 0 Å². The molecule has 9 heteroatoms. The van der Waals surface area contributed by atoms with Gasteiger partial charge in [0.05, 0.1) is 25.9 Å². The predicted octanol–water partition coefficient (Wildman–Crippen LogP) is 2.37. The highest BCUT2D eigenvalue weighted by Crippen LogP contribution is 2.30. The number of amides is 1. The van der Waals surface area contributed by atoms with Gasteiger partial charge >= 0.3 is 0 Å². The lowest BCUT2D eigenvalue weighted by atomic mass is 10.1. The molecule has 2 unspecified atom stereocenters. The van der Waals surface area contributed by atoms with Crippen molar-refractivity contribution in [3.8, 4) is 0 Å². The van der Waals surface area contributed by atoms with E-state index in [0.29, 0.717) is 39.4 Å². The highest BCUT2D eigenvalue weighted by Gasteiger charge is 2.35. The molecule has 2 aliphatic rings. The van der Waals surface area contributed by atoms with Gasteiger partial charge in [0.1, 0.15) is 15.9 Å². The molecule has 1 aromatic carbocycles. The number of benzene rings is 1. The SMILES string of the molecule is CC1CN(C(=O)c2sccc2S(=O)(=O)N2CCOCC2)CC(c2ccccc2)O1. The molecule has 7 nitrogen and oxygen atoms in total. The van der Waals surface area contributed by atoms with E-state index in [1.54, 1.807) is 10.3 Å². The van der Waals surface area contributed by atoms with E-state index in [0.717, 1.165) is 5.56 Å². The summed E-state index contributed by atoms with van der Waals surface area (Å²) in [5.41, 5.74) is 1.00. The van der Waals surface area contributed by atoms with Gasteiger partial charge in [0, 0.05) is 19.6 Å². The maximum atomic E-state index is 13.3. The number of hydrogen-bond acceptors (Lipinski definition) is 6. The van der Waals surface area contributed by atoms with Crippen molar-refractivity contribution in [3.05, 3.63) is 52.2 Å². The Kier molecular flexibility index (Phi) is 6.03. The molecule has 0 spiro atoms. The molecule has 3 heterocycles. The largest absolute Gasteiger partial charge is 0.379 e. The van der Waals surface area contributed by atoms with Crippen LogP contribution in [0.1, 0.15) is 28.3 Å². The first-order valence-corrected chi connectivity index (χ1v) is 11.9. The molecule has 0 N–H and O–H groups in total. The van der Waals surface area contributed by atoms with E-state index < -0.39 is 10.0 Å². The molecule has 4 rings (SSSR count). The molecular formula is C20H24N2O5S2. The molecule has 0 saturated carbocycles. The molecule has 2 aromatic rings. The average Bonchev–Trinajstić information content (AvgIpc) is 3.25. The Morgan fingerprint density at radius 1 is 1.10 bits per heavy atom. The number of carbonyl (C=O) groups is 1. The smallest absolute Gasteiger partial charge is 0.265 e. The van der Waals surface area contributed by atoms with Crippen molar-refractivity contribution in [3.63, 3.8) is 0 Å². The van der Waals surface area contributed by atoms with Gasteiger partial charge in [0.25, 0.3) is 5.91 Å². The number of sulfonamides is 1.